The summed E-state index contributed by atoms with van der Waals surface area (Å²) in [7, 11) is 0. The maximum atomic E-state index is 11.8. The summed E-state index contributed by atoms with van der Waals surface area (Å²) in [4.78, 5) is 23.4. The quantitative estimate of drug-likeness (QED) is 0.861. The molecule has 0 atom stereocenters. The number of nitrogens with one attached hydrogen (secondary N) is 2. The highest BCUT2D eigenvalue weighted by atomic mass is 79.9. The van der Waals surface area contributed by atoms with Gasteiger partial charge in [0.05, 0.1) is 6.54 Å². The Balaban J connectivity index is 1.80. The highest BCUT2D eigenvalue weighted by molar-refractivity contribution is 9.10. The van der Waals surface area contributed by atoms with Crippen molar-refractivity contribution in [1.82, 2.24) is 15.1 Å². The molecule has 110 valence electrons. The number of benzene rings is 1. The first-order chi connectivity index (χ1) is 10.0. The second-order valence-electron chi connectivity index (χ2n) is 4.49. The van der Waals surface area contributed by atoms with Crippen LogP contribution in [0, 0.1) is 6.92 Å². The number of halogens is 1. The number of hydrogen-bond acceptors (Lipinski definition) is 3. The lowest BCUT2D eigenvalue weighted by Gasteiger charge is -2.09. The summed E-state index contributed by atoms with van der Waals surface area (Å²) in [6.07, 6.45) is 3.28. The van der Waals surface area contributed by atoms with E-state index in [0.717, 1.165) is 15.7 Å². The maximum absolute atomic E-state index is 11.8. The van der Waals surface area contributed by atoms with Crippen molar-refractivity contribution in [3.8, 4) is 0 Å². The van der Waals surface area contributed by atoms with Crippen LogP contribution >= 0.6 is 15.9 Å². The molecular formula is C14H15BrN4O2. The molecule has 0 radical (unpaired) electrons. The molecule has 2 amide bonds. The van der Waals surface area contributed by atoms with Gasteiger partial charge in [-0.1, -0.05) is 15.9 Å². The molecule has 0 aliphatic carbocycles. The van der Waals surface area contributed by atoms with Gasteiger partial charge in [-0.2, -0.15) is 5.10 Å². The van der Waals surface area contributed by atoms with E-state index in [2.05, 4.69) is 31.7 Å². The minimum absolute atomic E-state index is 0.0738. The molecule has 2 rings (SSSR count). The van der Waals surface area contributed by atoms with Crippen LogP contribution in [0.1, 0.15) is 5.56 Å². The van der Waals surface area contributed by atoms with Crippen LogP contribution in [0.4, 0.5) is 5.69 Å². The van der Waals surface area contributed by atoms with Crippen LogP contribution in [0.5, 0.6) is 0 Å². The molecule has 0 saturated heterocycles. The first kappa shape index (κ1) is 15.2. The normalized spacial score (nSPS) is 10.2. The fraction of sp³-hybridized carbons (Fsp3) is 0.214. The molecule has 2 aromatic rings. The van der Waals surface area contributed by atoms with E-state index in [4.69, 9.17) is 0 Å². The third-order valence-corrected chi connectivity index (χ3v) is 3.27. The van der Waals surface area contributed by atoms with Crippen LogP contribution < -0.4 is 10.6 Å². The number of carbonyl (C=O) groups excluding carboxylic acids is 2. The standard InChI is InChI=1S/C14H15BrN4O2/c1-10-7-11(15)3-4-12(10)18-13(20)8-16-14(21)9-19-6-2-5-17-19/h2-7H,8-9H2,1H3,(H,16,21)(H,18,20). The average Bonchev–Trinajstić information content (AvgIpc) is 2.92. The van der Waals surface area contributed by atoms with Crippen molar-refractivity contribution in [3.63, 3.8) is 0 Å². The predicted molar refractivity (Wildman–Crippen MR) is 82.7 cm³/mol. The van der Waals surface area contributed by atoms with Crippen LogP contribution in [-0.2, 0) is 16.1 Å². The maximum Gasteiger partial charge on any atom is 0.243 e. The molecule has 0 spiro atoms. The zero-order valence-electron chi connectivity index (χ0n) is 11.5. The fourth-order valence-electron chi connectivity index (χ4n) is 1.74. The van der Waals surface area contributed by atoms with Crippen LogP contribution in [0.15, 0.2) is 41.1 Å². The summed E-state index contributed by atoms with van der Waals surface area (Å²) >= 11 is 3.36. The third kappa shape index (κ3) is 4.71. The molecule has 1 aromatic heterocycles. The van der Waals surface area contributed by atoms with Crippen molar-refractivity contribution in [3.05, 3.63) is 46.7 Å². The molecule has 0 aliphatic heterocycles. The van der Waals surface area contributed by atoms with E-state index in [1.807, 2.05) is 25.1 Å². The van der Waals surface area contributed by atoms with E-state index in [0.29, 0.717) is 0 Å². The zero-order chi connectivity index (χ0) is 15.2. The minimum atomic E-state index is -0.269. The second kappa shape index (κ2) is 7.03. The van der Waals surface area contributed by atoms with Gasteiger partial charge in [0.2, 0.25) is 11.8 Å². The van der Waals surface area contributed by atoms with Crippen LogP contribution in [0.3, 0.4) is 0 Å². The highest BCUT2D eigenvalue weighted by Crippen LogP contribution is 2.19. The third-order valence-electron chi connectivity index (χ3n) is 2.77. The largest absolute Gasteiger partial charge is 0.345 e. The number of amides is 2. The van der Waals surface area contributed by atoms with E-state index in [9.17, 15) is 9.59 Å². The van der Waals surface area contributed by atoms with E-state index in [1.54, 1.807) is 18.5 Å². The Bertz CT molecular complexity index is 640. The SMILES string of the molecule is Cc1cc(Br)ccc1NC(=O)CNC(=O)Cn1cccn1. The molecule has 0 bridgehead atoms. The molecule has 7 heteroatoms. The van der Waals surface area contributed by atoms with Crippen LogP contribution in [0.2, 0.25) is 0 Å². The van der Waals surface area contributed by atoms with Crippen molar-refractivity contribution >= 4 is 33.4 Å². The molecule has 0 unspecified atom stereocenters. The average molecular weight is 351 g/mol. The summed E-state index contributed by atoms with van der Waals surface area (Å²) in [5, 5.41) is 9.23. The molecular weight excluding hydrogens is 336 g/mol. The van der Waals surface area contributed by atoms with Crippen molar-refractivity contribution in [2.75, 3.05) is 11.9 Å². The number of anilines is 1. The van der Waals surface area contributed by atoms with Crippen molar-refractivity contribution in [2.24, 2.45) is 0 Å². The summed E-state index contributed by atoms with van der Waals surface area (Å²) in [6, 6.07) is 7.30. The van der Waals surface area contributed by atoms with Gasteiger partial charge in [-0.3, -0.25) is 14.3 Å². The molecule has 2 N–H and O–H groups in total. The zero-order valence-corrected chi connectivity index (χ0v) is 13.1. The highest BCUT2D eigenvalue weighted by Gasteiger charge is 2.08. The molecule has 0 aliphatic rings. The molecule has 1 heterocycles. The van der Waals surface area contributed by atoms with Gasteiger partial charge in [0.1, 0.15) is 6.54 Å². The van der Waals surface area contributed by atoms with Crippen molar-refractivity contribution < 1.29 is 9.59 Å². The lowest BCUT2D eigenvalue weighted by Crippen LogP contribution is -2.35. The predicted octanol–water partition coefficient (Wildman–Crippen LogP) is 1.71. The number of carbonyl (C=O) groups is 2. The number of hydrogen-bond donors (Lipinski definition) is 2. The summed E-state index contributed by atoms with van der Waals surface area (Å²) in [6.45, 7) is 1.92. The van der Waals surface area contributed by atoms with Gasteiger partial charge in [-0.05, 0) is 36.8 Å². The van der Waals surface area contributed by atoms with Crippen LogP contribution in [-0.4, -0.2) is 28.1 Å². The van der Waals surface area contributed by atoms with Gasteiger partial charge >= 0.3 is 0 Å². The van der Waals surface area contributed by atoms with E-state index >= 15 is 0 Å². The Hall–Kier alpha value is -2.15. The molecule has 1 aromatic carbocycles. The summed E-state index contributed by atoms with van der Waals surface area (Å²) in [5.41, 5.74) is 1.67. The summed E-state index contributed by atoms with van der Waals surface area (Å²) in [5.74, 6) is -0.532. The number of aromatic nitrogens is 2. The van der Waals surface area contributed by atoms with Gasteiger partial charge in [0, 0.05) is 22.6 Å². The van der Waals surface area contributed by atoms with Gasteiger partial charge in [0.15, 0.2) is 0 Å². The fourth-order valence-corrected chi connectivity index (χ4v) is 2.21. The van der Waals surface area contributed by atoms with Gasteiger partial charge in [-0.15, -0.1) is 0 Å². The van der Waals surface area contributed by atoms with Gasteiger partial charge < -0.3 is 10.6 Å². The Morgan fingerprint density at radius 3 is 2.81 bits per heavy atom. The lowest BCUT2D eigenvalue weighted by molar-refractivity contribution is -0.124. The number of nitrogens with zero attached hydrogens (tertiary/aromatic N) is 2. The number of rotatable bonds is 5. The van der Waals surface area contributed by atoms with E-state index < -0.39 is 0 Å². The molecule has 0 fully saturated rings. The topological polar surface area (TPSA) is 76.0 Å². The van der Waals surface area contributed by atoms with Crippen LogP contribution in [0.25, 0.3) is 0 Å². The van der Waals surface area contributed by atoms with Crippen molar-refractivity contribution in [1.29, 1.82) is 0 Å². The lowest BCUT2D eigenvalue weighted by atomic mass is 10.2. The minimum Gasteiger partial charge on any atom is -0.345 e. The Morgan fingerprint density at radius 2 is 2.14 bits per heavy atom. The Morgan fingerprint density at radius 1 is 1.33 bits per heavy atom. The Kier molecular flexibility index (Phi) is 5.10. The number of aryl methyl sites for hydroxylation is 1. The Labute approximate surface area is 130 Å². The van der Waals surface area contributed by atoms with Gasteiger partial charge in [-0.25, -0.2) is 0 Å². The molecule has 6 nitrogen and oxygen atoms in total. The van der Waals surface area contributed by atoms with Crippen molar-refractivity contribution in [2.45, 2.75) is 13.5 Å². The molecule has 21 heavy (non-hydrogen) atoms. The van der Waals surface area contributed by atoms with Gasteiger partial charge in [0.25, 0.3) is 0 Å². The van der Waals surface area contributed by atoms with E-state index in [-0.39, 0.29) is 24.9 Å². The molecule has 0 saturated carbocycles. The van der Waals surface area contributed by atoms with E-state index in [1.165, 1.54) is 4.68 Å². The monoisotopic (exact) mass is 350 g/mol. The second-order valence-corrected chi connectivity index (χ2v) is 5.40. The first-order valence-electron chi connectivity index (χ1n) is 6.35. The smallest absolute Gasteiger partial charge is 0.243 e. The summed E-state index contributed by atoms with van der Waals surface area (Å²) < 4.78 is 2.44. The first-order valence-corrected chi connectivity index (χ1v) is 7.14.